The zero-order valence-electron chi connectivity index (χ0n) is 10.8. The first-order valence-corrected chi connectivity index (χ1v) is 6.95. The molecule has 1 N–H and O–H groups in total. The molecule has 1 aliphatic rings. The Morgan fingerprint density at radius 3 is 2.94 bits per heavy atom. The van der Waals surface area contributed by atoms with E-state index < -0.39 is 0 Å². The van der Waals surface area contributed by atoms with Crippen LogP contribution in [0.1, 0.15) is 25.6 Å². The van der Waals surface area contributed by atoms with Gasteiger partial charge in [0.2, 0.25) is 0 Å². The molecule has 1 fully saturated rings. The van der Waals surface area contributed by atoms with E-state index in [0.29, 0.717) is 11.8 Å². The predicted molar refractivity (Wildman–Crippen MR) is 75.2 cm³/mol. The number of aromatic nitrogens is 2. The highest BCUT2D eigenvalue weighted by Crippen LogP contribution is 2.30. The van der Waals surface area contributed by atoms with E-state index in [9.17, 15) is 0 Å². The van der Waals surface area contributed by atoms with E-state index in [2.05, 4.69) is 29.8 Å². The zero-order chi connectivity index (χ0) is 12.7. The van der Waals surface area contributed by atoms with Gasteiger partial charge >= 0.3 is 0 Å². The molecule has 0 saturated carbocycles. The van der Waals surface area contributed by atoms with Crippen molar-refractivity contribution in [3.63, 3.8) is 0 Å². The van der Waals surface area contributed by atoms with Crippen molar-refractivity contribution in [1.29, 1.82) is 0 Å². The van der Waals surface area contributed by atoms with Crippen molar-refractivity contribution >= 4 is 22.6 Å². The van der Waals surface area contributed by atoms with Crippen molar-refractivity contribution in [2.45, 2.75) is 26.3 Å². The molecule has 1 aliphatic heterocycles. The summed E-state index contributed by atoms with van der Waals surface area (Å²) in [5.41, 5.74) is 2.20. The van der Waals surface area contributed by atoms with Gasteiger partial charge in [0.05, 0.1) is 11.0 Å². The summed E-state index contributed by atoms with van der Waals surface area (Å²) in [5.74, 6) is 2.35. The minimum Gasteiger partial charge on any atom is -0.328 e. The monoisotopic (exact) mass is 263 g/mol. The second-order valence-electron chi connectivity index (χ2n) is 5.09. The Hall–Kier alpha value is -1.06. The lowest BCUT2D eigenvalue weighted by atomic mass is 9.97. The van der Waals surface area contributed by atoms with E-state index in [4.69, 9.17) is 16.6 Å². The van der Waals surface area contributed by atoms with Crippen LogP contribution in [0.25, 0.3) is 11.0 Å². The molecule has 0 radical (unpaired) electrons. The molecule has 2 aromatic rings. The molecule has 0 unspecified atom stereocenters. The zero-order valence-corrected chi connectivity index (χ0v) is 11.5. The topological polar surface area (TPSA) is 29.9 Å². The van der Waals surface area contributed by atoms with Crippen LogP contribution in [0, 0.1) is 5.92 Å². The number of imidazole rings is 1. The number of hydrogen-bond donors (Lipinski definition) is 1. The van der Waals surface area contributed by atoms with Crippen LogP contribution in [-0.2, 0) is 6.54 Å². The lowest BCUT2D eigenvalue weighted by Gasteiger charge is -2.15. The fraction of sp³-hybridized carbons (Fsp3) is 0.500. The van der Waals surface area contributed by atoms with Gasteiger partial charge in [-0.25, -0.2) is 4.98 Å². The third kappa shape index (κ3) is 1.82. The quantitative estimate of drug-likeness (QED) is 0.903. The standard InChI is InChI=1S/C14H18ClN3/c1-3-18-13-5-4-10(15)6-12(13)17-14(18)11-8-16-7-9(11)2/h4-6,9,11,16H,3,7-8H2,1-2H3/t9-,11-/m1/s1. The summed E-state index contributed by atoms with van der Waals surface area (Å²) in [6.45, 7) is 7.52. The molecule has 0 aliphatic carbocycles. The van der Waals surface area contributed by atoms with Crippen LogP contribution in [0.15, 0.2) is 18.2 Å². The van der Waals surface area contributed by atoms with Crippen LogP contribution < -0.4 is 5.32 Å². The maximum atomic E-state index is 6.05. The minimum absolute atomic E-state index is 0.510. The van der Waals surface area contributed by atoms with Crippen molar-refractivity contribution in [3.8, 4) is 0 Å². The van der Waals surface area contributed by atoms with Crippen LogP contribution >= 0.6 is 11.6 Å². The molecule has 0 amide bonds. The molecule has 3 rings (SSSR count). The van der Waals surface area contributed by atoms with Gasteiger partial charge in [-0.1, -0.05) is 18.5 Å². The van der Waals surface area contributed by atoms with Gasteiger partial charge in [-0.2, -0.15) is 0 Å². The van der Waals surface area contributed by atoms with Crippen LogP contribution in [0.5, 0.6) is 0 Å². The fourth-order valence-electron chi connectivity index (χ4n) is 2.89. The van der Waals surface area contributed by atoms with Crippen LogP contribution in [-0.4, -0.2) is 22.6 Å². The number of aryl methyl sites for hydroxylation is 1. The van der Waals surface area contributed by atoms with E-state index in [1.807, 2.05) is 12.1 Å². The van der Waals surface area contributed by atoms with Crippen molar-refractivity contribution in [3.05, 3.63) is 29.0 Å². The molecule has 1 saturated heterocycles. The van der Waals surface area contributed by atoms with Gasteiger partial charge in [0.1, 0.15) is 5.82 Å². The Morgan fingerprint density at radius 1 is 1.44 bits per heavy atom. The molecule has 1 aromatic heterocycles. The maximum Gasteiger partial charge on any atom is 0.114 e. The molecule has 2 heterocycles. The van der Waals surface area contributed by atoms with E-state index in [0.717, 1.165) is 30.2 Å². The molecule has 96 valence electrons. The number of benzene rings is 1. The first-order valence-electron chi connectivity index (χ1n) is 6.57. The van der Waals surface area contributed by atoms with Crippen LogP contribution in [0.4, 0.5) is 0 Å². The number of nitrogens with zero attached hydrogens (tertiary/aromatic N) is 2. The largest absolute Gasteiger partial charge is 0.328 e. The van der Waals surface area contributed by atoms with Crippen molar-refractivity contribution in [2.24, 2.45) is 5.92 Å². The van der Waals surface area contributed by atoms with Crippen LogP contribution in [0.3, 0.4) is 0 Å². The highest BCUT2D eigenvalue weighted by atomic mass is 35.5. The number of fused-ring (bicyclic) bond motifs is 1. The van der Waals surface area contributed by atoms with Gasteiger partial charge in [0.25, 0.3) is 0 Å². The molecule has 4 heteroatoms. The third-order valence-corrected chi connectivity index (χ3v) is 4.14. The smallest absolute Gasteiger partial charge is 0.114 e. The van der Waals surface area contributed by atoms with E-state index in [1.165, 1.54) is 11.3 Å². The summed E-state index contributed by atoms with van der Waals surface area (Å²) in [4.78, 5) is 4.82. The van der Waals surface area contributed by atoms with Crippen molar-refractivity contribution in [1.82, 2.24) is 14.9 Å². The predicted octanol–water partition coefficient (Wildman–Crippen LogP) is 3.03. The van der Waals surface area contributed by atoms with Gasteiger partial charge < -0.3 is 9.88 Å². The van der Waals surface area contributed by atoms with Crippen LogP contribution in [0.2, 0.25) is 5.02 Å². The van der Waals surface area contributed by atoms with Gasteiger partial charge in [-0.05, 0) is 37.6 Å². The average Bonchev–Trinajstić information content (AvgIpc) is 2.91. The Bertz CT molecular complexity index is 576. The normalized spacial score (nSPS) is 23.9. The van der Waals surface area contributed by atoms with Crippen molar-refractivity contribution in [2.75, 3.05) is 13.1 Å². The van der Waals surface area contributed by atoms with E-state index in [1.54, 1.807) is 0 Å². The molecule has 1 aromatic carbocycles. The SMILES string of the molecule is CCn1c([C@@H]2CNC[C@H]2C)nc2cc(Cl)ccc21. The van der Waals surface area contributed by atoms with Gasteiger partial charge in [-0.15, -0.1) is 0 Å². The van der Waals surface area contributed by atoms with Gasteiger partial charge in [-0.3, -0.25) is 0 Å². The summed E-state index contributed by atoms with van der Waals surface area (Å²) in [7, 11) is 0. The number of nitrogens with one attached hydrogen (secondary N) is 1. The molecule has 3 nitrogen and oxygen atoms in total. The highest BCUT2D eigenvalue weighted by Gasteiger charge is 2.29. The second kappa shape index (κ2) is 4.56. The fourth-order valence-corrected chi connectivity index (χ4v) is 3.06. The van der Waals surface area contributed by atoms with E-state index in [-0.39, 0.29) is 0 Å². The first-order chi connectivity index (χ1) is 8.70. The van der Waals surface area contributed by atoms with E-state index >= 15 is 0 Å². The second-order valence-corrected chi connectivity index (χ2v) is 5.53. The Morgan fingerprint density at radius 2 is 2.28 bits per heavy atom. The van der Waals surface area contributed by atoms with Gasteiger partial charge in [0, 0.05) is 24.0 Å². The number of rotatable bonds is 2. The minimum atomic E-state index is 0.510. The summed E-state index contributed by atoms with van der Waals surface area (Å²) in [6, 6.07) is 5.97. The Labute approximate surface area is 112 Å². The number of hydrogen-bond acceptors (Lipinski definition) is 2. The lowest BCUT2D eigenvalue weighted by Crippen LogP contribution is -2.14. The highest BCUT2D eigenvalue weighted by molar-refractivity contribution is 6.31. The summed E-state index contributed by atoms with van der Waals surface area (Å²) < 4.78 is 2.32. The summed E-state index contributed by atoms with van der Waals surface area (Å²) in [5, 5.41) is 4.21. The molecule has 18 heavy (non-hydrogen) atoms. The molecular weight excluding hydrogens is 246 g/mol. The first kappa shape index (κ1) is 12.0. The van der Waals surface area contributed by atoms with Gasteiger partial charge in [0.15, 0.2) is 0 Å². The van der Waals surface area contributed by atoms with Crippen molar-refractivity contribution < 1.29 is 0 Å². The summed E-state index contributed by atoms with van der Waals surface area (Å²) >= 11 is 6.05. The number of halogens is 1. The lowest BCUT2D eigenvalue weighted by molar-refractivity contribution is 0.522. The Balaban J connectivity index is 2.16. The third-order valence-electron chi connectivity index (χ3n) is 3.91. The molecule has 0 bridgehead atoms. The average molecular weight is 264 g/mol. The molecule has 2 atom stereocenters. The Kier molecular flexibility index (Phi) is 3.04. The maximum absolute atomic E-state index is 6.05. The molecular formula is C14H18ClN3. The summed E-state index contributed by atoms with van der Waals surface area (Å²) in [6.07, 6.45) is 0. The molecule has 0 spiro atoms.